The van der Waals surface area contributed by atoms with Gasteiger partial charge in [0.25, 0.3) is 0 Å². The lowest BCUT2D eigenvalue weighted by atomic mass is 10.2. The fourth-order valence-electron chi connectivity index (χ4n) is 2.55. The Balaban J connectivity index is 1.47. The molecule has 2 heterocycles. The number of hydrogen-bond donors (Lipinski definition) is 2. The first-order valence-electron chi connectivity index (χ1n) is 8.16. The maximum atomic E-state index is 11.5. The number of nitrogens with zero attached hydrogens (tertiary/aromatic N) is 2. The van der Waals surface area contributed by atoms with Gasteiger partial charge < -0.3 is 24.8 Å². The maximum absolute atomic E-state index is 11.5. The van der Waals surface area contributed by atoms with Crippen LogP contribution in [0.15, 0.2) is 54.7 Å². The van der Waals surface area contributed by atoms with Crippen molar-refractivity contribution in [2.75, 3.05) is 24.5 Å². The van der Waals surface area contributed by atoms with Gasteiger partial charge in [-0.05, 0) is 42.5 Å². The van der Waals surface area contributed by atoms with E-state index in [1.807, 2.05) is 18.2 Å². The highest BCUT2D eigenvalue weighted by molar-refractivity contribution is 5.89. The van der Waals surface area contributed by atoms with Crippen LogP contribution in [0.4, 0.5) is 23.1 Å². The highest BCUT2D eigenvalue weighted by Crippen LogP contribution is 2.34. The second-order valence-electron chi connectivity index (χ2n) is 5.65. The van der Waals surface area contributed by atoms with Crippen LogP contribution in [0.5, 0.6) is 11.5 Å². The lowest BCUT2D eigenvalue weighted by Crippen LogP contribution is -2.02. The van der Waals surface area contributed by atoms with Crippen molar-refractivity contribution in [3.8, 4) is 11.5 Å². The van der Waals surface area contributed by atoms with Crippen molar-refractivity contribution >= 4 is 29.1 Å². The average molecular weight is 364 g/mol. The van der Waals surface area contributed by atoms with E-state index < -0.39 is 0 Å². The van der Waals surface area contributed by atoms with Crippen LogP contribution in [0.25, 0.3) is 0 Å². The van der Waals surface area contributed by atoms with Crippen molar-refractivity contribution in [3.63, 3.8) is 0 Å². The Bertz CT molecular complexity index is 976. The molecule has 0 bridgehead atoms. The van der Waals surface area contributed by atoms with Crippen molar-refractivity contribution in [1.82, 2.24) is 9.97 Å². The normalized spacial score (nSPS) is 11.7. The predicted octanol–water partition coefficient (Wildman–Crippen LogP) is 3.48. The Labute approximate surface area is 155 Å². The van der Waals surface area contributed by atoms with Crippen LogP contribution >= 0.6 is 0 Å². The molecule has 4 rings (SSSR count). The van der Waals surface area contributed by atoms with Crippen molar-refractivity contribution in [1.29, 1.82) is 0 Å². The van der Waals surface area contributed by atoms with Crippen molar-refractivity contribution < 1.29 is 19.0 Å². The summed E-state index contributed by atoms with van der Waals surface area (Å²) in [5, 5.41) is 6.30. The Kier molecular flexibility index (Phi) is 4.44. The van der Waals surface area contributed by atoms with E-state index in [0.717, 1.165) is 17.1 Å². The van der Waals surface area contributed by atoms with Crippen molar-refractivity contribution in [2.24, 2.45) is 0 Å². The standard InChI is InChI=1S/C19H16N4O4/c1-25-18(24)12-2-4-13(5-3-12)22-19-20-9-8-17(23-19)21-14-6-7-15-16(10-14)27-11-26-15/h2-10H,11H2,1H3,(H2,20,21,22,23). The van der Waals surface area contributed by atoms with E-state index in [4.69, 9.17) is 9.47 Å². The average Bonchev–Trinajstić information content (AvgIpc) is 3.16. The second-order valence-corrected chi connectivity index (χ2v) is 5.65. The number of ether oxygens (including phenoxy) is 3. The third-order valence-electron chi connectivity index (χ3n) is 3.86. The summed E-state index contributed by atoms with van der Waals surface area (Å²) in [6.07, 6.45) is 1.65. The Morgan fingerprint density at radius 2 is 1.78 bits per heavy atom. The van der Waals surface area contributed by atoms with Gasteiger partial charge in [-0.25, -0.2) is 9.78 Å². The zero-order valence-electron chi connectivity index (χ0n) is 14.4. The number of carbonyl (C=O) groups excluding carboxylic acids is 1. The highest BCUT2D eigenvalue weighted by Gasteiger charge is 2.13. The molecule has 0 unspecified atom stereocenters. The van der Waals surface area contributed by atoms with Gasteiger partial charge in [-0.2, -0.15) is 4.98 Å². The number of esters is 1. The zero-order valence-corrected chi connectivity index (χ0v) is 14.4. The molecule has 0 fully saturated rings. The van der Waals surface area contributed by atoms with Gasteiger partial charge in [0.1, 0.15) is 5.82 Å². The molecule has 136 valence electrons. The summed E-state index contributed by atoms with van der Waals surface area (Å²) in [5.74, 6) is 2.08. The molecule has 27 heavy (non-hydrogen) atoms. The van der Waals surface area contributed by atoms with Gasteiger partial charge in [-0.1, -0.05) is 0 Å². The Morgan fingerprint density at radius 3 is 2.59 bits per heavy atom. The third-order valence-corrected chi connectivity index (χ3v) is 3.86. The largest absolute Gasteiger partial charge is 0.465 e. The monoisotopic (exact) mass is 364 g/mol. The number of benzene rings is 2. The summed E-state index contributed by atoms with van der Waals surface area (Å²) >= 11 is 0. The minimum Gasteiger partial charge on any atom is -0.465 e. The van der Waals surface area contributed by atoms with Crippen LogP contribution in [-0.4, -0.2) is 29.8 Å². The molecule has 0 atom stereocenters. The summed E-state index contributed by atoms with van der Waals surface area (Å²) in [7, 11) is 1.35. The molecule has 1 aliphatic rings. The minimum atomic E-state index is -0.382. The predicted molar refractivity (Wildman–Crippen MR) is 98.9 cm³/mol. The molecule has 2 N–H and O–H groups in total. The Hall–Kier alpha value is -3.81. The summed E-state index contributed by atoms with van der Waals surface area (Å²) in [5.41, 5.74) is 2.05. The quantitative estimate of drug-likeness (QED) is 0.665. The van der Waals surface area contributed by atoms with E-state index in [1.165, 1.54) is 7.11 Å². The number of methoxy groups -OCH3 is 1. The van der Waals surface area contributed by atoms with Gasteiger partial charge in [0.05, 0.1) is 12.7 Å². The fraction of sp³-hybridized carbons (Fsp3) is 0.105. The summed E-state index contributed by atoms with van der Waals surface area (Å²) < 4.78 is 15.4. The molecule has 8 nitrogen and oxygen atoms in total. The van der Waals surface area contributed by atoms with Gasteiger partial charge in [0, 0.05) is 23.6 Å². The molecule has 0 aliphatic carbocycles. The van der Waals surface area contributed by atoms with Gasteiger partial charge in [0.2, 0.25) is 12.7 Å². The van der Waals surface area contributed by atoms with Gasteiger partial charge in [0.15, 0.2) is 11.5 Å². The van der Waals surface area contributed by atoms with Gasteiger partial charge in [-0.15, -0.1) is 0 Å². The van der Waals surface area contributed by atoms with Crippen LogP contribution in [-0.2, 0) is 4.74 Å². The van der Waals surface area contributed by atoms with Crippen LogP contribution in [0.3, 0.4) is 0 Å². The lowest BCUT2D eigenvalue weighted by molar-refractivity contribution is 0.0601. The first-order valence-corrected chi connectivity index (χ1v) is 8.16. The van der Waals surface area contributed by atoms with Crippen LogP contribution in [0, 0.1) is 0 Å². The zero-order chi connectivity index (χ0) is 18.6. The number of carbonyl (C=O) groups is 1. The van der Waals surface area contributed by atoms with E-state index in [-0.39, 0.29) is 12.8 Å². The van der Waals surface area contributed by atoms with E-state index in [0.29, 0.717) is 23.1 Å². The first-order chi connectivity index (χ1) is 13.2. The van der Waals surface area contributed by atoms with Crippen molar-refractivity contribution in [2.45, 2.75) is 0 Å². The SMILES string of the molecule is COC(=O)c1ccc(Nc2nccc(Nc3ccc4c(c3)OCO4)n2)cc1. The number of fused-ring (bicyclic) bond motifs is 1. The fourth-order valence-corrected chi connectivity index (χ4v) is 2.55. The second kappa shape index (κ2) is 7.20. The Morgan fingerprint density at radius 1 is 1.00 bits per heavy atom. The highest BCUT2D eigenvalue weighted by atomic mass is 16.7. The molecular formula is C19H16N4O4. The third kappa shape index (κ3) is 3.74. The minimum absolute atomic E-state index is 0.231. The molecular weight excluding hydrogens is 348 g/mol. The number of anilines is 4. The van der Waals surface area contributed by atoms with E-state index in [2.05, 4.69) is 25.3 Å². The molecule has 0 saturated carbocycles. The molecule has 3 aromatic rings. The van der Waals surface area contributed by atoms with Crippen LogP contribution in [0.1, 0.15) is 10.4 Å². The molecule has 0 amide bonds. The van der Waals surface area contributed by atoms with Crippen LogP contribution < -0.4 is 20.1 Å². The summed E-state index contributed by atoms with van der Waals surface area (Å²) in [4.78, 5) is 20.1. The maximum Gasteiger partial charge on any atom is 0.337 e. The van der Waals surface area contributed by atoms with E-state index >= 15 is 0 Å². The lowest BCUT2D eigenvalue weighted by Gasteiger charge is -2.09. The molecule has 0 spiro atoms. The molecule has 0 saturated heterocycles. The van der Waals surface area contributed by atoms with E-state index in [1.54, 1.807) is 36.5 Å². The molecule has 8 heteroatoms. The molecule has 1 aliphatic heterocycles. The van der Waals surface area contributed by atoms with Gasteiger partial charge in [-0.3, -0.25) is 0 Å². The molecule has 0 radical (unpaired) electrons. The summed E-state index contributed by atoms with van der Waals surface area (Å²) in [6, 6.07) is 14.2. The number of hydrogen-bond acceptors (Lipinski definition) is 8. The smallest absolute Gasteiger partial charge is 0.337 e. The number of rotatable bonds is 5. The number of nitrogens with one attached hydrogen (secondary N) is 2. The van der Waals surface area contributed by atoms with Crippen molar-refractivity contribution in [3.05, 3.63) is 60.3 Å². The topological polar surface area (TPSA) is 94.6 Å². The molecule has 1 aromatic heterocycles. The molecule has 2 aromatic carbocycles. The van der Waals surface area contributed by atoms with Crippen LogP contribution in [0.2, 0.25) is 0 Å². The number of aromatic nitrogens is 2. The summed E-state index contributed by atoms with van der Waals surface area (Å²) in [6.45, 7) is 0.231. The van der Waals surface area contributed by atoms with Gasteiger partial charge >= 0.3 is 5.97 Å². The van der Waals surface area contributed by atoms with E-state index in [9.17, 15) is 4.79 Å². The first kappa shape index (κ1) is 16.6.